The van der Waals surface area contributed by atoms with Crippen molar-refractivity contribution < 1.29 is 0 Å². The number of allylic oxidation sites excluding steroid dienone is 3. The Morgan fingerprint density at radius 3 is 3.11 bits per heavy atom. The third-order valence-corrected chi connectivity index (χ3v) is 3.88. The average Bonchev–Trinajstić information content (AvgIpc) is 2.45. The van der Waals surface area contributed by atoms with Crippen LogP contribution in [0.4, 0.5) is 0 Å². The highest BCUT2D eigenvalue weighted by Crippen LogP contribution is 2.23. The first-order chi connectivity index (χ1) is 8.86. The predicted octanol–water partition coefficient (Wildman–Crippen LogP) is 3.66. The molecule has 0 bridgehead atoms. The van der Waals surface area contributed by atoms with E-state index in [0.29, 0.717) is 11.3 Å². The molecule has 1 aliphatic carbocycles. The molecule has 1 heterocycles. The van der Waals surface area contributed by atoms with Gasteiger partial charge in [-0.1, -0.05) is 37.3 Å². The Morgan fingerprint density at radius 2 is 2.28 bits per heavy atom. The molecule has 0 aromatic heterocycles. The molecular weight excluding hydrogens is 240 g/mol. The molecule has 3 heteroatoms. The number of hydrogen-bond donors (Lipinski definition) is 1. The van der Waals surface area contributed by atoms with E-state index < -0.39 is 0 Å². The molecule has 2 rings (SSSR count). The van der Waals surface area contributed by atoms with E-state index in [1.165, 1.54) is 12.0 Å². The maximum Gasteiger partial charge on any atom is 0.0829 e. The fraction of sp³-hybridized carbons (Fsp3) is 0.400. The van der Waals surface area contributed by atoms with E-state index in [2.05, 4.69) is 53.0 Å². The van der Waals surface area contributed by atoms with Crippen molar-refractivity contribution in [2.24, 2.45) is 10.9 Å². The van der Waals surface area contributed by atoms with Crippen molar-refractivity contribution in [1.82, 2.24) is 5.32 Å². The fourth-order valence-electron chi connectivity index (χ4n) is 1.84. The number of thioether (sulfide) groups is 1. The second kappa shape index (κ2) is 7.39. The zero-order valence-electron chi connectivity index (χ0n) is 10.8. The van der Waals surface area contributed by atoms with E-state index >= 15 is 0 Å². The van der Waals surface area contributed by atoms with Crippen LogP contribution in [0.3, 0.4) is 0 Å². The first-order valence-corrected chi connectivity index (χ1v) is 7.41. The summed E-state index contributed by atoms with van der Waals surface area (Å²) in [5.74, 6) is 0.386. The Kier molecular flexibility index (Phi) is 5.49. The first kappa shape index (κ1) is 13.4. The number of rotatable bonds is 1. The van der Waals surface area contributed by atoms with Crippen LogP contribution >= 0.6 is 11.8 Å². The highest BCUT2D eigenvalue weighted by molar-refractivity contribution is 8.02. The molecule has 2 unspecified atom stereocenters. The Bertz CT molecular complexity index is 405. The summed E-state index contributed by atoms with van der Waals surface area (Å²) in [6.07, 6.45) is 17.2. The van der Waals surface area contributed by atoms with Gasteiger partial charge in [0.1, 0.15) is 0 Å². The van der Waals surface area contributed by atoms with Crippen molar-refractivity contribution >= 4 is 18.0 Å². The minimum Gasteiger partial charge on any atom is -0.298 e. The van der Waals surface area contributed by atoms with Crippen LogP contribution in [0.2, 0.25) is 0 Å². The summed E-state index contributed by atoms with van der Waals surface area (Å²) in [5, 5.41) is 6.06. The molecule has 2 aliphatic rings. The lowest BCUT2D eigenvalue weighted by molar-refractivity contribution is 0.772. The van der Waals surface area contributed by atoms with Gasteiger partial charge in [-0.05, 0) is 23.8 Å². The highest BCUT2D eigenvalue weighted by Gasteiger charge is 2.11. The highest BCUT2D eigenvalue weighted by atomic mass is 32.2. The summed E-state index contributed by atoms with van der Waals surface area (Å²) in [5.41, 5.74) is 1.39. The van der Waals surface area contributed by atoms with Crippen LogP contribution in [-0.4, -0.2) is 18.1 Å². The Labute approximate surface area is 114 Å². The molecule has 0 amide bonds. The molecule has 2 nitrogen and oxygen atoms in total. The van der Waals surface area contributed by atoms with Crippen LogP contribution in [0.25, 0.3) is 0 Å². The molecule has 0 saturated heterocycles. The molecule has 0 aromatic rings. The van der Waals surface area contributed by atoms with Crippen LogP contribution in [0.1, 0.15) is 19.8 Å². The van der Waals surface area contributed by atoms with E-state index in [1.54, 1.807) is 0 Å². The minimum absolute atomic E-state index is 0.341. The molecule has 0 aromatic carbocycles. The molecule has 96 valence electrons. The van der Waals surface area contributed by atoms with Gasteiger partial charge in [-0.2, -0.15) is 0 Å². The molecule has 1 aliphatic heterocycles. The standard InChI is InChI=1S/C15H20N2S/c1-13-8-11-18-15(14-6-3-2-4-7-14)17-10-5-9-16-12-13/h3,5-9,11-13,15,17H,2,4,10H2,1H3/b9-5-,11-8-,16-12-. The summed E-state index contributed by atoms with van der Waals surface area (Å²) in [7, 11) is 0. The number of nitrogens with one attached hydrogen (secondary N) is 1. The lowest BCUT2D eigenvalue weighted by Crippen LogP contribution is -2.27. The van der Waals surface area contributed by atoms with Gasteiger partial charge in [0.25, 0.3) is 0 Å². The van der Waals surface area contributed by atoms with Crippen LogP contribution in [0, 0.1) is 5.92 Å². The van der Waals surface area contributed by atoms with E-state index in [9.17, 15) is 0 Å². The van der Waals surface area contributed by atoms with Crippen molar-refractivity contribution in [2.75, 3.05) is 6.54 Å². The molecule has 0 radical (unpaired) electrons. The minimum atomic E-state index is 0.341. The lowest BCUT2D eigenvalue weighted by atomic mass is 10.1. The Hall–Kier alpha value is -1.06. The number of nitrogens with zero attached hydrogens (tertiary/aromatic N) is 1. The third-order valence-electron chi connectivity index (χ3n) is 2.86. The summed E-state index contributed by atoms with van der Waals surface area (Å²) in [4.78, 5) is 4.26. The molecule has 2 atom stereocenters. The van der Waals surface area contributed by atoms with Gasteiger partial charge in [-0.25, -0.2) is 0 Å². The van der Waals surface area contributed by atoms with Crippen LogP contribution in [0.15, 0.2) is 52.6 Å². The smallest absolute Gasteiger partial charge is 0.0829 e. The fourth-order valence-corrected chi connectivity index (χ4v) is 2.86. The molecule has 0 fully saturated rings. The van der Waals surface area contributed by atoms with E-state index in [4.69, 9.17) is 0 Å². The largest absolute Gasteiger partial charge is 0.298 e. The van der Waals surface area contributed by atoms with Crippen LogP contribution in [0.5, 0.6) is 0 Å². The van der Waals surface area contributed by atoms with Gasteiger partial charge in [0.05, 0.1) is 5.37 Å². The van der Waals surface area contributed by atoms with E-state index in [-0.39, 0.29) is 0 Å². The first-order valence-electron chi connectivity index (χ1n) is 6.46. The summed E-state index contributed by atoms with van der Waals surface area (Å²) >= 11 is 1.83. The SMILES string of the molecule is CC1/C=C\SC(C2=CCCC=C2)NC/C=C\N=C/1. The normalized spacial score (nSPS) is 34.2. The zero-order chi connectivity index (χ0) is 12.6. The van der Waals surface area contributed by atoms with Gasteiger partial charge in [0.2, 0.25) is 0 Å². The topological polar surface area (TPSA) is 24.4 Å². The second-order valence-corrected chi connectivity index (χ2v) is 5.49. The molecular formula is C15H20N2S. The maximum atomic E-state index is 4.26. The van der Waals surface area contributed by atoms with Crippen molar-refractivity contribution in [2.45, 2.75) is 25.1 Å². The molecule has 18 heavy (non-hydrogen) atoms. The molecule has 1 N–H and O–H groups in total. The van der Waals surface area contributed by atoms with E-state index in [0.717, 1.165) is 13.0 Å². The quantitative estimate of drug-likeness (QED) is 0.778. The monoisotopic (exact) mass is 260 g/mol. The van der Waals surface area contributed by atoms with Gasteiger partial charge in [0, 0.05) is 24.9 Å². The van der Waals surface area contributed by atoms with Crippen molar-refractivity contribution in [3.05, 3.63) is 47.6 Å². The van der Waals surface area contributed by atoms with Gasteiger partial charge in [-0.15, -0.1) is 11.8 Å². The number of hydrogen-bond acceptors (Lipinski definition) is 3. The van der Waals surface area contributed by atoms with E-state index in [1.807, 2.05) is 24.2 Å². The van der Waals surface area contributed by atoms with Crippen molar-refractivity contribution in [3.8, 4) is 0 Å². The summed E-state index contributed by atoms with van der Waals surface area (Å²) in [6, 6.07) is 0. The van der Waals surface area contributed by atoms with Gasteiger partial charge in [-0.3, -0.25) is 10.3 Å². The Morgan fingerprint density at radius 1 is 1.33 bits per heavy atom. The lowest BCUT2D eigenvalue weighted by Gasteiger charge is -2.19. The molecule has 0 saturated carbocycles. The van der Waals surface area contributed by atoms with Gasteiger partial charge >= 0.3 is 0 Å². The van der Waals surface area contributed by atoms with Crippen molar-refractivity contribution in [3.63, 3.8) is 0 Å². The van der Waals surface area contributed by atoms with Crippen LogP contribution < -0.4 is 5.32 Å². The molecule has 0 spiro atoms. The van der Waals surface area contributed by atoms with Crippen molar-refractivity contribution in [1.29, 1.82) is 0 Å². The average molecular weight is 260 g/mol. The second-order valence-electron chi connectivity index (χ2n) is 4.48. The number of aliphatic imine (C=N–C) groups is 1. The van der Waals surface area contributed by atoms with Gasteiger partial charge < -0.3 is 0 Å². The third kappa shape index (κ3) is 4.31. The van der Waals surface area contributed by atoms with Gasteiger partial charge in [0.15, 0.2) is 0 Å². The predicted molar refractivity (Wildman–Crippen MR) is 81.8 cm³/mol. The zero-order valence-corrected chi connectivity index (χ0v) is 11.6. The van der Waals surface area contributed by atoms with Crippen LogP contribution in [-0.2, 0) is 0 Å². The maximum absolute atomic E-state index is 4.26. The Balaban J connectivity index is 2.06. The summed E-state index contributed by atoms with van der Waals surface area (Å²) < 4.78 is 0. The summed E-state index contributed by atoms with van der Waals surface area (Å²) in [6.45, 7) is 3.00.